The maximum atomic E-state index is 12.4. The summed E-state index contributed by atoms with van der Waals surface area (Å²) in [5.74, 6) is -0.632. The number of rotatable bonds is 3. The molecule has 1 aromatic rings. The van der Waals surface area contributed by atoms with E-state index in [0.717, 1.165) is 18.4 Å². The van der Waals surface area contributed by atoms with Gasteiger partial charge < -0.3 is 10.6 Å². The van der Waals surface area contributed by atoms with Crippen LogP contribution in [0.1, 0.15) is 35.2 Å². The van der Waals surface area contributed by atoms with E-state index < -0.39 is 11.6 Å². The van der Waals surface area contributed by atoms with E-state index in [2.05, 4.69) is 16.0 Å². The average Bonchev–Trinajstić information content (AvgIpc) is 3.03. The van der Waals surface area contributed by atoms with Crippen LogP contribution in [0.2, 0.25) is 5.02 Å². The quantitative estimate of drug-likeness (QED) is 0.735. The smallest absolute Gasteiger partial charge is 0.322 e. The number of carbonyl (C=O) groups excluding carboxylic acids is 3. The molecule has 2 fully saturated rings. The Morgan fingerprint density at radius 1 is 1.43 bits per heavy atom. The third-order valence-electron chi connectivity index (χ3n) is 4.81. The maximum Gasteiger partial charge on any atom is 0.322 e. The Bertz CT molecular complexity index is 691. The van der Waals surface area contributed by atoms with Crippen LogP contribution in [0.3, 0.4) is 0 Å². The highest BCUT2D eigenvalue weighted by Gasteiger charge is 2.54. The van der Waals surface area contributed by atoms with Crippen molar-refractivity contribution in [3.05, 3.63) is 34.3 Å². The SMILES string of the molecule is Cc1c(Cl)cccc1C(=O)NC[C@H]1CCC[C@]12NC(=O)NC2=O. The number of carbonyl (C=O) groups is 3. The Morgan fingerprint density at radius 2 is 2.22 bits per heavy atom. The van der Waals surface area contributed by atoms with Gasteiger partial charge in [0.2, 0.25) is 0 Å². The van der Waals surface area contributed by atoms with Gasteiger partial charge in [0.15, 0.2) is 0 Å². The minimum absolute atomic E-state index is 0.114. The van der Waals surface area contributed by atoms with Crippen molar-refractivity contribution in [2.45, 2.75) is 31.7 Å². The van der Waals surface area contributed by atoms with Crippen LogP contribution in [0.4, 0.5) is 4.79 Å². The molecule has 1 aromatic carbocycles. The first-order chi connectivity index (χ1) is 10.9. The Balaban J connectivity index is 1.70. The lowest BCUT2D eigenvalue weighted by atomic mass is 9.87. The molecule has 1 spiro atoms. The van der Waals surface area contributed by atoms with Crippen LogP contribution in [0, 0.1) is 12.8 Å². The summed E-state index contributed by atoms with van der Waals surface area (Å²) in [7, 11) is 0. The number of amides is 4. The van der Waals surface area contributed by atoms with Crippen LogP contribution in [-0.4, -0.2) is 29.9 Å². The van der Waals surface area contributed by atoms with Crippen molar-refractivity contribution in [1.82, 2.24) is 16.0 Å². The van der Waals surface area contributed by atoms with E-state index >= 15 is 0 Å². The summed E-state index contributed by atoms with van der Waals surface area (Å²) in [6.45, 7) is 2.12. The van der Waals surface area contributed by atoms with Gasteiger partial charge in [0.1, 0.15) is 5.54 Å². The largest absolute Gasteiger partial charge is 0.352 e. The lowest BCUT2D eigenvalue weighted by molar-refractivity contribution is -0.125. The van der Waals surface area contributed by atoms with Crippen LogP contribution in [-0.2, 0) is 4.79 Å². The summed E-state index contributed by atoms with van der Waals surface area (Å²) in [5.41, 5.74) is 0.359. The molecule has 1 saturated carbocycles. The zero-order chi connectivity index (χ0) is 16.6. The average molecular weight is 336 g/mol. The van der Waals surface area contributed by atoms with Crippen LogP contribution in [0.25, 0.3) is 0 Å². The van der Waals surface area contributed by atoms with Gasteiger partial charge in [-0.05, 0) is 37.5 Å². The molecule has 7 heteroatoms. The van der Waals surface area contributed by atoms with Crippen LogP contribution in [0.15, 0.2) is 18.2 Å². The zero-order valence-corrected chi connectivity index (χ0v) is 13.5. The number of hydrogen-bond acceptors (Lipinski definition) is 3. The standard InChI is InChI=1S/C16H18ClN3O3/c1-9-11(5-2-6-12(9)17)13(21)18-8-10-4-3-7-16(10)14(22)19-15(23)20-16/h2,5-6,10H,3-4,7-8H2,1H3,(H,18,21)(H2,19,20,22,23)/t10-,16+/m1/s1. The second-order valence-corrected chi connectivity index (χ2v) is 6.50. The Morgan fingerprint density at radius 3 is 2.91 bits per heavy atom. The molecule has 122 valence electrons. The summed E-state index contributed by atoms with van der Waals surface area (Å²) in [6, 6.07) is 4.72. The topological polar surface area (TPSA) is 87.3 Å². The number of benzene rings is 1. The molecule has 0 bridgehead atoms. The normalized spacial score (nSPS) is 26.3. The molecule has 0 aromatic heterocycles. The van der Waals surface area contributed by atoms with Crippen molar-refractivity contribution in [2.24, 2.45) is 5.92 Å². The number of imide groups is 1. The minimum atomic E-state index is -0.881. The molecule has 3 N–H and O–H groups in total. The van der Waals surface area contributed by atoms with E-state index in [-0.39, 0.29) is 17.7 Å². The van der Waals surface area contributed by atoms with Gasteiger partial charge in [0.25, 0.3) is 11.8 Å². The van der Waals surface area contributed by atoms with E-state index in [9.17, 15) is 14.4 Å². The van der Waals surface area contributed by atoms with Gasteiger partial charge in [-0.2, -0.15) is 0 Å². The van der Waals surface area contributed by atoms with Crippen molar-refractivity contribution in [3.8, 4) is 0 Å². The van der Waals surface area contributed by atoms with Gasteiger partial charge in [-0.1, -0.05) is 24.1 Å². The molecule has 2 atom stereocenters. The summed E-state index contributed by atoms with van der Waals surface area (Å²) < 4.78 is 0. The predicted molar refractivity (Wildman–Crippen MR) is 85.3 cm³/mol. The Kier molecular flexibility index (Phi) is 4.02. The fraction of sp³-hybridized carbons (Fsp3) is 0.438. The van der Waals surface area contributed by atoms with E-state index in [1.807, 2.05) is 0 Å². The number of hydrogen-bond donors (Lipinski definition) is 3. The van der Waals surface area contributed by atoms with Gasteiger partial charge in [0, 0.05) is 23.0 Å². The number of nitrogens with one attached hydrogen (secondary N) is 3. The van der Waals surface area contributed by atoms with Crippen molar-refractivity contribution in [3.63, 3.8) is 0 Å². The van der Waals surface area contributed by atoms with Crippen molar-refractivity contribution in [2.75, 3.05) is 6.54 Å². The molecular weight excluding hydrogens is 318 g/mol. The summed E-state index contributed by atoms with van der Waals surface area (Å²) in [5, 5.41) is 8.44. The Hall–Kier alpha value is -2.08. The number of urea groups is 1. The fourth-order valence-corrected chi connectivity index (χ4v) is 3.66. The fourth-order valence-electron chi connectivity index (χ4n) is 3.49. The first kappa shape index (κ1) is 15.8. The highest BCUT2D eigenvalue weighted by Crippen LogP contribution is 2.37. The summed E-state index contributed by atoms with van der Waals surface area (Å²) >= 11 is 6.04. The second kappa shape index (κ2) is 5.85. The molecule has 1 aliphatic carbocycles. The van der Waals surface area contributed by atoms with Crippen LogP contribution < -0.4 is 16.0 Å². The molecular formula is C16H18ClN3O3. The van der Waals surface area contributed by atoms with E-state index in [0.29, 0.717) is 23.6 Å². The highest BCUT2D eigenvalue weighted by molar-refractivity contribution is 6.31. The molecule has 1 heterocycles. The predicted octanol–water partition coefficient (Wildman–Crippen LogP) is 1.76. The van der Waals surface area contributed by atoms with Gasteiger partial charge >= 0.3 is 6.03 Å². The summed E-state index contributed by atoms with van der Waals surface area (Å²) in [4.78, 5) is 35.9. The molecule has 2 aliphatic rings. The molecule has 0 unspecified atom stereocenters. The Labute approximate surface area is 139 Å². The van der Waals surface area contributed by atoms with Crippen LogP contribution >= 0.6 is 11.6 Å². The maximum absolute atomic E-state index is 12.4. The highest BCUT2D eigenvalue weighted by atomic mass is 35.5. The van der Waals surface area contributed by atoms with Crippen molar-refractivity contribution >= 4 is 29.4 Å². The second-order valence-electron chi connectivity index (χ2n) is 6.09. The third kappa shape index (κ3) is 2.67. The van der Waals surface area contributed by atoms with E-state index in [1.165, 1.54) is 0 Å². The van der Waals surface area contributed by atoms with Crippen molar-refractivity contribution < 1.29 is 14.4 Å². The van der Waals surface area contributed by atoms with Gasteiger partial charge in [-0.3, -0.25) is 14.9 Å². The van der Waals surface area contributed by atoms with Gasteiger partial charge in [-0.25, -0.2) is 4.79 Å². The summed E-state index contributed by atoms with van der Waals surface area (Å²) in [6.07, 6.45) is 2.22. The molecule has 1 aliphatic heterocycles. The lowest BCUT2D eigenvalue weighted by Crippen LogP contribution is -2.53. The third-order valence-corrected chi connectivity index (χ3v) is 5.22. The first-order valence-electron chi connectivity index (χ1n) is 7.61. The molecule has 0 radical (unpaired) electrons. The molecule has 6 nitrogen and oxygen atoms in total. The molecule has 23 heavy (non-hydrogen) atoms. The molecule has 1 saturated heterocycles. The minimum Gasteiger partial charge on any atom is -0.352 e. The van der Waals surface area contributed by atoms with E-state index in [4.69, 9.17) is 11.6 Å². The molecule has 3 rings (SSSR count). The van der Waals surface area contributed by atoms with Gasteiger partial charge in [0.05, 0.1) is 0 Å². The monoisotopic (exact) mass is 335 g/mol. The van der Waals surface area contributed by atoms with E-state index in [1.54, 1.807) is 25.1 Å². The first-order valence-corrected chi connectivity index (χ1v) is 7.99. The zero-order valence-electron chi connectivity index (χ0n) is 12.7. The van der Waals surface area contributed by atoms with Crippen molar-refractivity contribution in [1.29, 1.82) is 0 Å². The van der Waals surface area contributed by atoms with Gasteiger partial charge in [-0.15, -0.1) is 0 Å². The number of halogens is 1. The van der Waals surface area contributed by atoms with Crippen LogP contribution in [0.5, 0.6) is 0 Å². The lowest BCUT2D eigenvalue weighted by Gasteiger charge is -2.28. The molecule has 4 amide bonds.